The number of nitrogens with one attached hydrogen (secondary N) is 1. The van der Waals surface area contributed by atoms with Crippen LogP contribution in [0.1, 0.15) is 37.9 Å². The van der Waals surface area contributed by atoms with Crippen LogP contribution in [0.5, 0.6) is 0 Å². The number of halogens is 2. The Labute approximate surface area is 167 Å². The van der Waals surface area contributed by atoms with Crippen molar-refractivity contribution in [3.8, 4) is 6.07 Å². The van der Waals surface area contributed by atoms with Crippen LogP contribution in [0.3, 0.4) is 0 Å². The minimum Gasteiger partial charge on any atom is -0.324 e. The number of aryl methyl sites for hydroxylation is 1. The molecule has 2 rings (SSSR count). The van der Waals surface area contributed by atoms with Gasteiger partial charge in [-0.05, 0) is 50.1 Å². The second kappa shape index (κ2) is 9.82. The summed E-state index contributed by atoms with van der Waals surface area (Å²) in [5.41, 5.74) is 1.86. The number of carbonyl (C=O) groups is 1. The summed E-state index contributed by atoms with van der Waals surface area (Å²) < 4.78 is 0. The predicted octanol–water partition coefficient (Wildman–Crippen LogP) is 5.72. The fourth-order valence-corrected chi connectivity index (χ4v) is 3.45. The predicted molar refractivity (Wildman–Crippen MR) is 108 cm³/mol. The van der Waals surface area contributed by atoms with E-state index >= 15 is 0 Å². The average Bonchev–Trinajstić information content (AvgIpc) is 2.63. The molecule has 0 aliphatic heterocycles. The number of thioether (sulfide) groups is 1. The fraction of sp³-hybridized carbons (Fsp3) is 0.316. The molecule has 2 aromatic rings. The van der Waals surface area contributed by atoms with Gasteiger partial charge >= 0.3 is 0 Å². The van der Waals surface area contributed by atoms with E-state index in [9.17, 15) is 10.1 Å². The first kappa shape index (κ1) is 20.6. The van der Waals surface area contributed by atoms with Gasteiger partial charge in [0.2, 0.25) is 5.91 Å². The molecule has 0 saturated heterocycles. The smallest absolute Gasteiger partial charge is 0.237 e. The number of unbranched alkanes of at least 4 members (excludes halogenated alkanes) is 1. The summed E-state index contributed by atoms with van der Waals surface area (Å²) in [7, 11) is 0. The molecule has 4 nitrogen and oxygen atoms in total. The molecule has 0 radical (unpaired) electrons. The molecule has 1 aromatic heterocycles. The summed E-state index contributed by atoms with van der Waals surface area (Å²) in [5.74, 6) is -0.233. The number of nitrogens with zero attached hydrogens (tertiary/aromatic N) is 2. The van der Waals surface area contributed by atoms with Crippen molar-refractivity contribution in [3.05, 3.63) is 51.6 Å². The number of anilines is 1. The van der Waals surface area contributed by atoms with Gasteiger partial charge in [0.15, 0.2) is 0 Å². The van der Waals surface area contributed by atoms with Gasteiger partial charge in [0.1, 0.15) is 11.1 Å². The maximum absolute atomic E-state index is 12.5. The SMILES string of the molecule is CCCCc1ccc(C#N)c(SC(C)C(=O)Nc2cc(Cl)ccc2Cl)n1. The number of nitriles is 1. The monoisotopic (exact) mass is 407 g/mol. The van der Waals surface area contributed by atoms with Crippen molar-refractivity contribution >= 4 is 46.6 Å². The van der Waals surface area contributed by atoms with Crippen LogP contribution >= 0.6 is 35.0 Å². The van der Waals surface area contributed by atoms with Crippen molar-refractivity contribution in [2.75, 3.05) is 5.32 Å². The van der Waals surface area contributed by atoms with E-state index in [2.05, 4.69) is 23.3 Å². The number of rotatable bonds is 7. The second-order valence-corrected chi connectivity index (χ2v) is 7.92. The highest BCUT2D eigenvalue weighted by molar-refractivity contribution is 8.00. The van der Waals surface area contributed by atoms with Crippen molar-refractivity contribution < 1.29 is 4.79 Å². The zero-order chi connectivity index (χ0) is 19.1. The van der Waals surface area contributed by atoms with E-state index < -0.39 is 5.25 Å². The van der Waals surface area contributed by atoms with Gasteiger partial charge in [0.05, 0.1) is 21.5 Å². The van der Waals surface area contributed by atoms with E-state index in [4.69, 9.17) is 23.2 Å². The van der Waals surface area contributed by atoms with Crippen molar-refractivity contribution in [3.63, 3.8) is 0 Å². The van der Waals surface area contributed by atoms with Crippen LogP contribution in [0, 0.1) is 11.3 Å². The molecule has 1 atom stereocenters. The van der Waals surface area contributed by atoms with E-state index in [1.807, 2.05) is 6.07 Å². The van der Waals surface area contributed by atoms with Crippen LogP contribution < -0.4 is 5.32 Å². The Morgan fingerprint density at radius 1 is 1.35 bits per heavy atom. The first-order chi connectivity index (χ1) is 12.4. The van der Waals surface area contributed by atoms with Crippen molar-refractivity contribution in [1.82, 2.24) is 4.98 Å². The van der Waals surface area contributed by atoms with Crippen molar-refractivity contribution in [1.29, 1.82) is 5.26 Å². The lowest BCUT2D eigenvalue weighted by molar-refractivity contribution is -0.115. The van der Waals surface area contributed by atoms with Crippen LogP contribution in [0.25, 0.3) is 0 Å². The molecule has 1 unspecified atom stereocenters. The Balaban J connectivity index is 2.12. The van der Waals surface area contributed by atoms with Crippen LogP contribution in [0.2, 0.25) is 10.0 Å². The normalized spacial score (nSPS) is 11.7. The van der Waals surface area contributed by atoms with Crippen LogP contribution in [-0.4, -0.2) is 16.1 Å². The summed E-state index contributed by atoms with van der Waals surface area (Å²) in [6.07, 6.45) is 2.96. The Kier molecular flexibility index (Phi) is 7.77. The first-order valence-corrected chi connectivity index (χ1v) is 9.90. The number of hydrogen-bond donors (Lipinski definition) is 1. The summed E-state index contributed by atoms with van der Waals surface area (Å²) in [4.78, 5) is 17.0. The molecular formula is C19H19Cl2N3OS. The lowest BCUT2D eigenvalue weighted by atomic mass is 10.2. The molecule has 0 bridgehead atoms. The maximum Gasteiger partial charge on any atom is 0.237 e. The van der Waals surface area contributed by atoms with Gasteiger partial charge in [-0.25, -0.2) is 4.98 Å². The summed E-state index contributed by atoms with van der Waals surface area (Å²) in [5, 5.41) is 13.1. The third-order valence-electron chi connectivity index (χ3n) is 3.67. The highest BCUT2D eigenvalue weighted by Gasteiger charge is 2.19. The quantitative estimate of drug-likeness (QED) is 0.595. The highest BCUT2D eigenvalue weighted by Crippen LogP contribution is 2.29. The molecule has 7 heteroatoms. The molecule has 136 valence electrons. The first-order valence-electron chi connectivity index (χ1n) is 8.27. The second-order valence-electron chi connectivity index (χ2n) is 5.74. The average molecular weight is 408 g/mol. The summed E-state index contributed by atoms with van der Waals surface area (Å²) >= 11 is 13.3. The summed E-state index contributed by atoms with van der Waals surface area (Å²) in [6.45, 7) is 3.88. The third kappa shape index (κ3) is 5.63. The van der Waals surface area contributed by atoms with Crippen LogP contribution in [-0.2, 0) is 11.2 Å². The van der Waals surface area contributed by atoms with E-state index in [1.165, 1.54) is 11.8 Å². The van der Waals surface area contributed by atoms with E-state index in [-0.39, 0.29) is 5.91 Å². The van der Waals surface area contributed by atoms with Gasteiger partial charge in [-0.3, -0.25) is 4.79 Å². The molecule has 26 heavy (non-hydrogen) atoms. The molecule has 1 N–H and O–H groups in total. The number of aromatic nitrogens is 1. The molecule has 1 aromatic carbocycles. The Morgan fingerprint density at radius 3 is 2.81 bits per heavy atom. The number of benzene rings is 1. The number of carbonyl (C=O) groups excluding carboxylic acids is 1. The van der Waals surface area contributed by atoms with Crippen LogP contribution in [0.4, 0.5) is 5.69 Å². The molecule has 0 fully saturated rings. The fourth-order valence-electron chi connectivity index (χ4n) is 2.20. The zero-order valence-corrected chi connectivity index (χ0v) is 16.9. The van der Waals surface area contributed by atoms with Gasteiger partial charge in [-0.2, -0.15) is 5.26 Å². The van der Waals surface area contributed by atoms with Crippen LogP contribution in [0.15, 0.2) is 35.4 Å². The molecule has 0 aliphatic carbocycles. The van der Waals surface area contributed by atoms with Gasteiger partial charge in [-0.15, -0.1) is 0 Å². The van der Waals surface area contributed by atoms with Crippen molar-refractivity contribution in [2.45, 2.75) is 43.4 Å². The topological polar surface area (TPSA) is 65.8 Å². The van der Waals surface area contributed by atoms with Gasteiger partial charge < -0.3 is 5.32 Å². The minimum atomic E-state index is -0.453. The minimum absolute atomic E-state index is 0.233. The lowest BCUT2D eigenvalue weighted by Gasteiger charge is -2.14. The number of pyridine rings is 1. The lowest BCUT2D eigenvalue weighted by Crippen LogP contribution is -2.23. The van der Waals surface area contributed by atoms with Gasteiger partial charge in [0, 0.05) is 10.7 Å². The Hall–Kier alpha value is -1.74. The molecule has 1 amide bonds. The Bertz CT molecular complexity index is 836. The highest BCUT2D eigenvalue weighted by atomic mass is 35.5. The zero-order valence-electron chi connectivity index (χ0n) is 14.6. The molecule has 0 spiro atoms. The molecule has 0 saturated carbocycles. The van der Waals surface area contributed by atoms with Gasteiger partial charge in [0.25, 0.3) is 0 Å². The summed E-state index contributed by atoms with van der Waals surface area (Å²) in [6, 6.07) is 10.7. The van der Waals surface area contributed by atoms with E-state index in [0.29, 0.717) is 26.3 Å². The molecule has 0 aliphatic rings. The molecule has 1 heterocycles. The van der Waals surface area contributed by atoms with E-state index in [0.717, 1.165) is 25.0 Å². The maximum atomic E-state index is 12.5. The number of hydrogen-bond acceptors (Lipinski definition) is 4. The van der Waals surface area contributed by atoms with Crippen molar-refractivity contribution in [2.24, 2.45) is 0 Å². The number of amides is 1. The van der Waals surface area contributed by atoms with E-state index in [1.54, 1.807) is 31.2 Å². The third-order valence-corrected chi connectivity index (χ3v) is 5.34. The Morgan fingerprint density at radius 2 is 2.12 bits per heavy atom. The largest absolute Gasteiger partial charge is 0.324 e. The standard InChI is InChI=1S/C19H19Cl2N3OS/c1-3-4-5-15-8-6-13(11-22)19(23-15)26-12(2)18(25)24-17-10-14(20)7-9-16(17)21/h6-10,12H,3-5H2,1-2H3,(H,24,25). The molecular weight excluding hydrogens is 389 g/mol. The van der Waals surface area contributed by atoms with Gasteiger partial charge in [-0.1, -0.05) is 48.3 Å².